The molecular formula is C10H18FNO2. The quantitative estimate of drug-likeness (QED) is 0.686. The Hall–Kier alpha value is -0.640. The highest BCUT2D eigenvalue weighted by Crippen LogP contribution is 2.30. The zero-order valence-electron chi connectivity index (χ0n) is 8.34. The van der Waals surface area contributed by atoms with E-state index in [2.05, 4.69) is 0 Å². The van der Waals surface area contributed by atoms with Crippen LogP contribution in [0.2, 0.25) is 0 Å². The molecule has 0 aromatic carbocycles. The van der Waals surface area contributed by atoms with Gasteiger partial charge in [0.1, 0.15) is 12.2 Å². The molecule has 0 spiro atoms. The second kappa shape index (κ2) is 4.73. The maximum Gasteiger partial charge on any atom is 0.326 e. The molecule has 0 aromatic heterocycles. The zero-order valence-corrected chi connectivity index (χ0v) is 8.34. The number of nitrogens with two attached hydrogens (primary N) is 1. The lowest BCUT2D eigenvalue weighted by atomic mass is 9.81. The van der Waals surface area contributed by atoms with Crippen molar-refractivity contribution < 1.29 is 14.3 Å². The molecule has 0 radical (unpaired) electrons. The fourth-order valence-electron chi connectivity index (χ4n) is 2.14. The fourth-order valence-corrected chi connectivity index (χ4v) is 2.14. The number of halogens is 1. The van der Waals surface area contributed by atoms with Gasteiger partial charge in [-0.1, -0.05) is 25.7 Å². The summed E-state index contributed by atoms with van der Waals surface area (Å²) in [5.74, 6) is -1.40. The summed E-state index contributed by atoms with van der Waals surface area (Å²) < 4.78 is 12.7. The molecule has 0 heterocycles. The Morgan fingerprint density at radius 3 is 2.21 bits per heavy atom. The first kappa shape index (κ1) is 11.4. The van der Waals surface area contributed by atoms with E-state index in [1.54, 1.807) is 0 Å². The van der Waals surface area contributed by atoms with E-state index in [9.17, 15) is 9.18 Å². The second-order valence-corrected chi connectivity index (χ2v) is 4.17. The highest BCUT2D eigenvalue weighted by molar-refractivity contribution is 5.79. The first-order valence-corrected chi connectivity index (χ1v) is 5.19. The normalized spacial score (nSPS) is 23.9. The van der Waals surface area contributed by atoms with Gasteiger partial charge in [0, 0.05) is 0 Å². The van der Waals surface area contributed by atoms with E-state index in [1.165, 1.54) is 0 Å². The number of alkyl halides is 1. The van der Waals surface area contributed by atoms with E-state index in [0.717, 1.165) is 38.5 Å². The number of rotatable bonds is 3. The summed E-state index contributed by atoms with van der Waals surface area (Å²) in [4.78, 5) is 10.9. The first-order valence-electron chi connectivity index (χ1n) is 5.19. The SMILES string of the molecule is NC(CF)(C(=O)O)C1CCCCCC1. The molecule has 1 atom stereocenters. The van der Waals surface area contributed by atoms with E-state index < -0.39 is 18.2 Å². The minimum absolute atomic E-state index is 0.201. The van der Waals surface area contributed by atoms with Gasteiger partial charge in [-0.15, -0.1) is 0 Å². The van der Waals surface area contributed by atoms with Gasteiger partial charge < -0.3 is 10.8 Å². The Kier molecular flexibility index (Phi) is 3.86. The summed E-state index contributed by atoms with van der Waals surface area (Å²) in [7, 11) is 0. The predicted octanol–water partition coefficient (Wildman–Crippen LogP) is 1.71. The highest BCUT2D eigenvalue weighted by atomic mass is 19.1. The molecular weight excluding hydrogens is 185 g/mol. The molecule has 0 bridgehead atoms. The van der Waals surface area contributed by atoms with Crippen LogP contribution in [0.25, 0.3) is 0 Å². The third kappa shape index (κ3) is 2.23. The van der Waals surface area contributed by atoms with Crippen molar-refractivity contribution in [1.29, 1.82) is 0 Å². The first-order chi connectivity index (χ1) is 6.61. The van der Waals surface area contributed by atoms with Crippen molar-refractivity contribution in [3.05, 3.63) is 0 Å². The number of carboxylic acid groups (broad SMARTS) is 1. The van der Waals surface area contributed by atoms with E-state index in [0.29, 0.717) is 0 Å². The monoisotopic (exact) mass is 203 g/mol. The molecule has 1 aliphatic rings. The van der Waals surface area contributed by atoms with Crippen LogP contribution < -0.4 is 5.73 Å². The number of hydrogen-bond acceptors (Lipinski definition) is 2. The number of aliphatic carboxylic acids is 1. The van der Waals surface area contributed by atoms with Gasteiger partial charge in [-0.3, -0.25) is 4.79 Å². The lowest BCUT2D eigenvalue weighted by Crippen LogP contribution is -2.56. The summed E-state index contributed by atoms with van der Waals surface area (Å²) in [6, 6.07) is 0. The lowest BCUT2D eigenvalue weighted by Gasteiger charge is -2.30. The van der Waals surface area contributed by atoms with Crippen molar-refractivity contribution in [3.8, 4) is 0 Å². The summed E-state index contributed by atoms with van der Waals surface area (Å²) >= 11 is 0. The molecule has 1 fully saturated rings. The molecule has 82 valence electrons. The van der Waals surface area contributed by atoms with Crippen molar-refractivity contribution in [1.82, 2.24) is 0 Å². The molecule has 0 aliphatic heterocycles. The average molecular weight is 203 g/mol. The minimum Gasteiger partial charge on any atom is -0.480 e. The van der Waals surface area contributed by atoms with Crippen LogP contribution in [-0.4, -0.2) is 23.3 Å². The van der Waals surface area contributed by atoms with Gasteiger partial charge in [0.15, 0.2) is 0 Å². The summed E-state index contributed by atoms with van der Waals surface area (Å²) in [5, 5.41) is 8.91. The lowest BCUT2D eigenvalue weighted by molar-refractivity contribution is -0.146. The van der Waals surface area contributed by atoms with Gasteiger partial charge in [-0.2, -0.15) is 0 Å². The third-order valence-corrected chi connectivity index (χ3v) is 3.20. The maximum absolute atomic E-state index is 12.7. The Balaban J connectivity index is 2.71. The Morgan fingerprint density at radius 1 is 1.36 bits per heavy atom. The predicted molar refractivity (Wildman–Crippen MR) is 51.7 cm³/mol. The molecule has 1 unspecified atom stereocenters. The number of carbonyl (C=O) groups is 1. The van der Waals surface area contributed by atoms with Gasteiger partial charge in [0.25, 0.3) is 0 Å². The smallest absolute Gasteiger partial charge is 0.326 e. The molecule has 1 aliphatic carbocycles. The number of carboxylic acids is 1. The van der Waals surface area contributed by atoms with Gasteiger partial charge >= 0.3 is 5.97 Å². The maximum atomic E-state index is 12.7. The third-order valence-electron chi connectivity index (χ3n) is 3.20. The van der Waals surface area contributed by atoms with Gasteiger partial charge in [0.05, 0.1) is 0 Å². The summed E-state index contributed by atoms with van der Waals surface area (Å²) in [6.45, 7) is -0.965. The van der Waals surface area contributed by atoms with Gasteiger partial charge in [0.2, 0.25) is 0 Å². The van der Waals surface area contributed by atoms with Gasteiger partial charge in [-0.05, 0) is 18.8 Å². The van der Waals surface area contributed by atoms with Crippen LogP contribution >= 0.6 is 0 Å². The molecule has 1 saturated carbocycles. The zero-order chi connectivity index (χ0) is 10.6. The summed E-state index contributed by atoms with van der Waals surface area (Å²) in [5.41, 5.74) is 3.96. The van der Waals surface area contributed by atoms with E-state index in [1.807, 2.05) is 0 Å². The van der Waals surface area contributed by atoms with Crippen LogP contribution in [0.5, 0.6) is 0 Å². The molecule has 4 heteroatoms. The Morgan fingerprint density at radius 2 is 1.86 bits per heavy atom. The molecule has 14 heavy (non-hydrogen) atoms. The van der Waals surface area contributed by atoms with Crippen LogP contribution in [0.3, 0.4) is 0 Å². The summed E-state index contributed by atoms with van der Waals surface area (Å²) in [6.07, 6.45) is 5.64. The van der Waals surface area contributed by atoms with Crippen LogP contribution in [0.4, 0.5) is 4.39 Å². The molecule has 0 saturated heterocycles. The molecule has 0 amide bonds. The average Bonchev–Trinajstić information content (AvgIpc) is 2.44. The second-order valence-electron chi connectivity index (χ2n) is 4.17. The molecule has 1 rings (SSSR count). The Bertz CT molecular complexity index is 202. The molecule has 3 nitrogen and oxygen atoms in total. The highest BCUT2D eigenvalue weighted by Gasteiger charge is 2.42. The van der Waals surface area contributed by atoms with E-state index in [4.69, 9.17) is 10.8 Å². The molecule has 3 N–H and O–H groups in total. The van der Waals surface area contributed by atoms with Crippen molar-refractivity contribution >= 4 is 5.97 Å². The van der Waals surface area contributed by atoms with Gasteiger partial charge in [-0.25, -0.2) is 4.39 Å². The largest absolute Gasteiger partial charge is 0.480 e. The van der Waals surface area contributed by atoms with Crippen LogP contribution in [0.15, 0.2) is 0 Å². The van der Waals surface area contributed by atoms with Crippen molar-refractivity contribution in [2.45, 2.75) is 44.1 Å². The van der Waals surface area contributed by atoms with Crippen molar-refractivity contribution in [2.24, 2.45) is 11.7 Å². The van der Waals surface area contributed by atoms with E-state index in [-0.39, 0.29) is 5.92 Å². The Labute approximate surface area is 83.5 Å². The van der Waals surface area contributed by atoms with Crippen molar-refractivity contribution in [2.75, 3.05) is 6.67 Å². The standard InChI is InChI=1S/C10H18FNO2/c11-7-10(12,9(13)14)8-5-3-1-2-4-6-8/h8H,1-7,12H2,(H,13,14). The fraction of sp³-hybridized carbons (Fsp3) is 0.900. The van der Waals surface area contributed by atoms with Crippen LogP contribution in [0.1, 0.15) is 38.5 Å². The molecule has 0 aromatic rings. The van der Waals surface area contributed by atoms with Crippen molar-refractivity contribution in [3.63, 3.8) is 0 Å². The van der Waals surface area contributed by atoms with Crippen LogP contribution in [0, 0.1) is 5.92 Å². The minimum atomic E-state index is -1.65. The topological polar surface area (TPSA) is 63.3 Å². The van der Waals surface area contributed by atoms with E-state index >= 15 is 0 Å². The number of hydrogen-bond donors (Lipinski definition) is 2. The van der Waals surface area contributed by atoms with Crippen LogP contribution in [-0.2, 0) is 4.79 Å².